The van der Waals surface area contributed by atoms with Crippen molar-refractivity contribution in [3.63, 3.8) is 0 Å². The molecule has 1 aromatic rings. The van der Waals surface area contributed by atoms with Gasteiger partial charge in [-0.3, -0.25) is 9.59 Å². The van der Waals surface area contributed by atoms with Gasteiger partial charge in [0.25, 0.3) is 0 Å². The second-order valence-corrected chi connectivity index (χ2v) is 3.28. The van der Waals surface area contributed by atoms with Gasteiger partial charge in [0.1, 0.15) is 0 Å². The van der Waals surface area contributed by atoms with Gasteiger partial charge in [0.2, 0.25) is 11.8 Å². The van der Waals surface area contributed by atoms with Crippen LogP contribution < -0.4 is 11.1 Å². The number of nitrogens with one attached hydrogen (secondary N) is 1. The van der Waals surface area contributed by atoms with Gasteiger partial charge in [0, 0.05) is 12.1 Å². The van der Waals surface area contributed by atoms with E-state index in [2.05, 4.69) is 5.32 Å². The summed E-state index contributed by atoms with van der Waals surface area (Å²) >= 11 is 0. The Morgan fingerprint density at radius 1 is 1.31 bits per heavy atom. The summed E-state index contributed by atoms with van der Waals surface area (Å²) in [5, 5.41) is 2.71. The minimum absolute atomic E-state index is 0.138. The first kappa shape index (κ1) is 12.0. The first-order valence-corrected chi connectivity index (χ1v) is 4.92. The molecule has 0 heterocycles. The molecular formula is C12H14N2O2. The van der Waals surface area contributed by atoms with Crippen molar-refractivity contribution in [2.75, 3.05) is 0 Å². The van der Waals surface area contributed by atoms with Crippen molar-refractivity contribution in [2.45, 2.75) is 13.5 Å². The predicted molar refractivity (Wildman–Crippen MR) is 61.6 cm³/mol. The summed E-state index contributed by atoms with van der Waals surface area (Å²) < 4.78 is 0. The number of rotatable bonds is 4. The minimum atomic E-state index is -0.454. The molecule has 4 nitrogen and oxygen atoms in total. The van der Waals surface area contributed by atoms with Crippen molar-refractivity contribution in [3.8, 4) is 0 Å². The molecule has 0 unspecified atom stereocenters. The third-order valence-corrected chi connectivity index (χ3v) is 2.02. The molecule has 0 saturated carbocycles. The van der Waals surface area contributed by atoms with Crippen LogP contribution in [0.1, 0.15) is 22.8 Å². The van der Waals surface area contributed by atoms with Crippen molar-refractivity contribution in [1.29, 1.82) is 0 Å². The molecule has 0 atom stereocenters. The Kier molecular flexibility index (Phi) is 4.27. The summed E-state index contributed by atoms with van der Waals surface area (Å²) in [5.41, 5.74) is 6.49. The van der Waals surface area contributed by atoms with E-state index < -0.39 is 5.91 Å². The Bertz CT molecular complexity index is 408. The van der Waals surface area contributed by atoms with E-state index in [1.54, 1.807) is 37.3 Å². The molecule has 0 aliphatic rings. The summed E-state index contributed by atoms with van der Waals surface area (Å²) in [6.45, 7) is 2.21. The van der Waals surface area contributed by atoms with Crippen molar-refractivity contribution in [1.82, 2.24) is 5.32 Å². The molecule has 0 fully saturated rings. The number of nitrogens with two attached hydrogens (primary N) is 1. The molecule has 4 heteroatoms. The van der Waals surface area contributed by atoms with E-state index in [4.69, 9.17) is 5.73 Å². The van der Waals surface area contributed by atoms with Crippen LogP contribution in [0.2, 0.25) is 0 Å². The lowest BCUT2D eigenvalue weighted by Crippen LogP contribution is -2.20. The molecule has 1 aromatic carbocycles. The summed E-state index contributed by atoms with van der Waals surface area (Å²) in [7, 11) is 0. The smallest absolute Gasteiger partial charge is 0.248 e. The summed E-state index contributed by atoms with van der Waals surface area (Å²) in [6.07, 6.45) is 3.13. The number of amides is 2. The molecule has 0 radical (unpaired) electrons. The van der Waals surface area contributed by atoms with Crippen molar-refractivity contribution >= 4 is 11.8 Å². The highest BCUT2D eigenvalue weighted by atomic mass is 16.1. The maximum absolute atomic E-state index is 11.1. The molecule has 0 saturated heterocycles. The van der Waals surface area contributed by atoms with Gasteiger partial charge in [-0.15, -0.1) is 0 Å². The number of hydrogen-bond acceptors (Lipinski definition) is 2. The molecule has 84 valence electrons. The van der Waals surface area contributed by atoms with Gasteiger partial charge in [-0.05, 0) is 30.7 Å². The highest BCUT2D eigenvalue weighted by Crippen LogP contribution is 2.03. The monoisotopic (exact) mass is 218 g/mol. The molecule has 2 amide bonds. The molecule has 3 N–H and O–H groups in total. The first-order chi connectivity index (χ1) is 7.63. The summed E-state index contributed by atoms with van der Waals surface area (Å²) in [4.78, 5) is 21.9. The van der Waals surface area contributed by atoms with E-state index >= 15 is 0 Å². The zero-order chi connectivity index (χ0) is 12.0. The molecule has 0 bridgehead atoms. The molecule has 0 aliphatic carbocycles. The lowest BCUT2D eigenvalue weighted by atomic mass is 10.1. The second-order valence-electron chi connectivity index (χ2n) is 3.28. The molecule has 16 heavy (non-hydrogen) atoms. The Balaban J connectivity index is 2.56. The third kappa shape index (κ3) is 3.57. The van der Waals surface area contributed by atoms with Gasteiger partial charge in [0.05, 0.1) is 0 Å². The first-order valence-electron chi connectivity index (χ1n) is 4.92. The summed E-state index contributed by atoms with van der Waals surface area (Å²) in [5.74, 6) is -0.592. The van der Waals surface area contributed by atoms with E-state index in [-0.39, 0.29) is 5.91 Å². The van der Waals surface area contributed by atoms with Crippen LogP contribution in [-0.4, -0.2) is 11.8 Å². The van der Waals surface area contributed by atoms with E-state index in [0.29, 0.717) is 12.1 Å². The zero-order valence-electron chi connectivity index (χ0n) is 9.07. The average Bonchev–Trinajstić information content (AvgIpc) is 2.27. The normalized spacial score (nSPS) is 10.3. The Hall–Kier alpha value is -2.10. The van der Waals surface area contributed by atoms with E-state index in [1.807, 2.05) is 0 Å². The zero-order valence-corrected chi connectivity index (χ0v) is 9.07. The largest absolute Gasteiger partial charge is 0.366 e. The molecule has 0 aromatic heterocycles. The lowest BCUT2D eigenvalue weighted by molar-refractivity contribution is -0.116. The van der Waals surface area contributed by atoms with Gasteiger partial charge in [0.15, 0.2) is 0 Å². The summed E-state index contributed by atoms with van der Waals surface area (Å²) in [6, 6.07) is 6.80. The SMILES string of the molecule is C/C=C/C(=O)NCc1ccc(C(N)=O)cc1. The van der Waals surface area contributed by atoms with Crippen molar-refractivity contribution < 1.29 is 9.59 Å². The van der Waals surface area contributed by atoms with Crippen LogP contribution in [0.5, 0.6) is 0 Å². The Labute approximate surface area is 94.1 Å². The Morgan fingerprint density at radius 3 is 2.44 bits per heavy atom. The fraction of sp³-hybridized carbons (Fsp3) is 0.167. The van der Waals surface area contributed by atoms with Crippen LogP contribution in [0.25, 0.3) is 0 Å². The fourth-order valence-corrected chi connectivity index (χ4v) is 1.19. The average molecular weight is 218 g/mol. The van der Waals surface area contributed by atoms with Crippen LogP contribution in [0.4, 0.5) is 0 Å². The van der Waals surface area contributed by atoms with Gasteiger partial charge >= 0.3 is 0 Å². The third-order valence-electron chi connectivity index (χ3n) is 2.02. The number of hydrogen-bond donors (Lipinski definition) is 2. The molecular weight excluding hydrogens is 204 g/mol. The number of primary amides is 1. The van der Waals surface area contributed by atoms with Crippen LogP contribution in [0.3, 0.4) is 0 Å². The van der Waals surface area contributed by atoms with E-state index in [9.17, 15) is 9.59 Å². The number of carbonyl (C=O) groups is 2. The van der Waals surface area contributed by atoms with Gasteiger partial charge in [-0.1, -0.05) is 18.2 Å². The minimum Gasteiger partial charge on any atom is -0.366 e. The topological polar surface area (TPSA) is 72.2 Å². The predicted octanol–water partition coefficient (Wildman–Crippen LogP) is 0.978. The molecule has 1 rings (SSSR count). The highest BCUT2D eigenvalue weighted by Gasteiger charge is 2.00. The van der Waals surface area contributed by atoms with Gasteiger partial charge in [-0.25, -0.2) is 0 Å². The number of benzene rings is 1. The van der Waals surface area contributed by atoms with Crippen LogP contribution >= 0.6 is 0 Å². The van der Waals surface area contributed by atoms with Crippen LogP contribution in [0.15, 0.2) is 36.4 Å². The molecule has 0 spiro atoms. The van der Waals surface area contributed by atoms with Crippen molar-refractivity contribution in [3.05, 3.63) is 47.5 Å². The van der Waals surface area contributed by atoms with Gasteiger partial charge < -0.3 is 11.1 Å². The lowest BCUT2D eigenvalue weighted by Gasteiger charge is -2.03. The highest BCUT2D eigenvalue weighted by molar-refractivity contribution is 5.92. The van der Waals surface area contributed by atoms with Gasteiger partial charge in [-0.2, -0.15) is 0 Å². The van der Waals surface area contributed by atoms with E-state index in [0.717, 1.165) is 5.56 Å². The van der Waals surface area contributed by atoms with Crippen LogP contribution in [-0.2, 0) is 11.3 Å². The maximum atomic E-state index is 11.1. The standard InChI is InChI=1S/C12H14N2O2/c1-2-3-11(15)14-8-9-4-6-10(7-5-9)12(13)16/h2-7H,8H2,1H3,(H2,13,16)(H,14,15)/b3-2+. The van der Waals surface area contributed by atoms with E-state index in [1.165, 1.54) is 6.08 Å². The molecule has 0 aliphatic heterocycles. The van der Waals surface area contributed by atoms with Crippen molar-refractivity contribution in [2.24, 2.45) is 5.73 Å². The van der Waals surface area contributed by atoms with Crippen LogP contribution in [0, 0.1) is 0 Å². The second kappa shape index (κ2) is 5.70. The number of carbonyl (C=O) groups excluding carboxylic acids is 2. The quantitative estimate of drug-likeness (QED) is 0.739. The Morgan fingerprint density at radius 2 is 1.94 bits per heavy atom. The fourth-order valence-electron chi connectivity index (χ4n) is 1.19. The number of allylic oxidation sites excluding steroid dienone is 1. The maximum Gasteiger partial charge on any atom is 0.248 e.